The van der Waals surface area contributed by atoms with Crippen LogP contribution in [0, 0.1) is 0 Å². The molecular weight excluding hydrogens is 292 g/mol. The first-order valence-corrected chi connectivity index (χ1v) is 9.18. The summed E-state index contributed by atoms with van der Waals surface area (Å²) in [7, 11) is 0.417. The van der Waals surface area contributed by atoms with Crippen LogP contribution in [0.25, 0.3) is 0 Å². The van der Waals surface area contributed by atoms with Gasteiger partial charge in [0, 0.05) is 18.6 Å². The molecule has 0 aromatic carbocycles. The van der Waals surface area contributed by atoms with Gasteiger partial charge >= 0.3 is 5.97 Å². The SMILES string of the molecule is COC(=O)C(C)(CCN(C)C1CCS(=O)(=O)C1)NC(C)C. The van der Waals surface area contributed by atoms with E-state index in [9.17, 15) is 13.2 Å². The van der Waals surface area contributed by atoms with Crippen molar-refractivity contribution in [2.24, 2.45) is 0 Å². The third-order valence-electron chi connectivity index (χ3n) is 4.04. The van der Waals surface area contributed by atoms with Crippen LogP contribution in [0.3, 0.4) is 0 Å². The Morgan fingerprint density at radius 2 is 2.10 bits per heavy atom. The van der Waals surface area contributed by atoms with Gasteiger partial charge in [0.25, 0.3) is 0 Å². The molecule has 1 rings (SSSR count). The van der Waals surface area contributed by atoms with Crippen LogP contribution in [-0.2, 0) is 19.4 Å². The number of hydrogen-bond acceptors (Lipinski definition) is 6. The van der Waals surface area contributed by atoms with E-state index in [-0.39, 0.29) is 29.6 Å². The number of sulfone groups is 1. The molecule has 1 aliphatic rings. The minimum Gasteiger partial charge on any atom is -0.468 e. The van der Waals surface area contributed by atoms with Crippen molar-refractivity contribution < 1.29 is 17.9 Å². The summed E-state index contributed by atoms with van der Waals surface area (Å²) in [6, 6.07) is 0.210. The second-order valence-corrected chi connectivity index (χ2v) is 8.64. The van der Waals surface area contributed by atoms with E-state index in [2.05, 4.69) is 5.32 Å². The van der Waals surface area contributed by atoms with Gasteiger partial charge in [0.2, 0.25) is 0 Å². The molecule has 1 saturated heterocycles. The summed E-state index contributed by atoms with van der Waals surface area (Å²) < 4.78 is 28.0. The Kier molecular flexibility index (Phi) is 6.19. The standard InChI is InChI=1S/C14H28N2O4S/c1-11(2)15-14(3,13(17)20-5)7-8-16(4)12-6-9-21(18,19)10-12/h11-12,15H,6-10H2,1-5H3. The van der Waals surface area contributed by atoms with Crippen molar-refractivity contribution >= 4 is 15.8 Å². The summed E-state index contributed by atoms with van der Waals surface area (Å²) >= 11 is 0. The lowest BCUT2D eigenvalue weighted by Gasteiger charge is -2.33. The first kappa shape index (κ1) is 18.4. The van der Waals surface area contributed by atoms with E-state index in [0.29, 0.717) is 19.4 Å². The van der Waals surface area contributed by atoms with E-state index >= 15 is 0 Å². The maximum Gasteiger partial charge on any atom is 0.325 e. The summed E-state index contributed by atoms with van der Waals surface area (Å²) in [5.41, 5.74) is -0.755. The highest BCUT2D eigenvalue weighted by Crippen LogP contribution is 2.19. The molecule has 21 heavy (non-hydrogen) atoms. The largest absolute Gasteiger partial charge is 0.468 e. The molecule has 1 aliphatic heterocycles. The summed E-state index contributed by atoms with van der Waals surface area (Å²) in [6.07, 6.45) is 1.25. The highest BCUT2D eigenvalue weighted by atomic mass is 32.2. The zero-order valence-electron chi connectivity index (χ0n) is 13.7. The lowest BCUT2D eigenvalue weighted by molar-refractivity contribution is -0.148. The molecule has 2 atom stereocenters. The predicted octanol–water partition coefficient (Wildman–Crippen LogP) is 0.425. The van der Waals surface area contributed by atoms with E-state index < -0.39 is 15.4 Å². The number of nitrogens with one attached hydrogen (secondary N) is 1. The topological polar surface area (TPSA) is 75.7 Å². The highest BCUT2D eigenvalue weighted by Gasteiger charge is 2.36. The van der Waals surface area contributed by atoms with Gasteiger partial charge in [-0.25, -0.2) is 8.42 Å². The van der Waals surface area contributed by atoms with Gasteiger partial charge in [-0.3, -0.25) is 10.1 Å². The van der Waals surface area contributed by atoms with Crippen LogP contribution in [0.15, 0.2) is 0 Å². The molecule has 1 fully saturated rings. The van der Waals surface area contributed by atoms with E-state index in [0.717, 1.165) is 0 Å². The molecule has 0 saturated carbocycles. The lowest BCUT2D eigenvalue weighted by Crippen LogP contribution is -2.54. The summed E-state index contributed by atoms with van der Waals surface area (Å²) in [5, 5.41) is 3.25. The second kappa shape index (κ2) is 7.07. The second-order valence-electron chi connectivity index (χ2n) is 6.41. The predicted molar refractivity (Wildman–Crippen MR) is 83.0 cm³/mol. The van der Waals surface area contributed by atoms with Crippen molar-refractivity contribution in [3.8, 4) is 0 Å². The fourth-order valence-corrected chi connectivity index (χ4v) is 4.61. The number of esters is 1. The van der Waals surface area contributed by atoms with Gasteiger partial charge in [0.05, 0.1) is 18.6 Å². The van der Waals surface area contributed by atoms with Gasteiger partial charge < -0.3 is 9.64 Å². The van der Waals surface area contributed by atoms with Crippen LogP contribution in [0.1, 0.15) is 33.6 Å². The maximum atomic E-state index is 12.0. The van der Waals surface area contributed by atoms with Crippen LogP contribution in [0.4, 0.5) is 0 Å². The monoisotopic (exact) mass is 320 g/mol. The fraction of sp³-hybridized carbons (Fsp3) is 0.929. The molecule has 1 heterocycles. The maximum absolute atomic E-state index is 12.0. The van der Waals surface area contributed by atoms with Crippen molar-refractivity contribution in [2.45, 2.75) is 51.2 Å². The Balaban J connectivity index is 2.62. The summed E-state index contributed by atoms with van der Waals surface area (Å²) in [4.78, 5) is 14.0. The number of nitrogens with zero attached hydrogens (tertiary/aromatic N) is 1. The Bertz CT molecular complexity index is 464. The van der Waals surface area contributed by atoms with Crippen molar-refractivity contribution in [1.29, 1.82) is 0 Å². The van der Waals surface area contributed by atoms with E-state index in [1.54, 1.807) is 0 Å². The van der Waals surface area contributed by atoms with Crippen molar-refractivity contribution in [3.05, 3.63) is 0 Å². The van der Waals surface area contributed by atoms with Crippen molar-refractivity contribution in [2.75, 3.05) is 32.2 Å². The number of carbonyl (C=O) groups excluding carboxylic acids is 1. The zero-order valence-corrected chi connectivity index (χ0v) is 14.5. The normalized spacial score (nSPS) is 24.2. The third kappa shape index (κ3) is 5.23. The third-order valence-corrected chi connectivity index (χ3v) is 5.79. The van der Waals surface area contributed by atoms with Crippen LogP contribution in [0.5, 0.6) is 0 Å². The average Bonchev–Trinajstić information content (AvgIpc) is 2.74. The van der Waals surface area contributed by atoms with Gasteiger partial charge in [0.1, 0.15) is 5.54 Å². The smallest absolute Gasteiger partial charge is 0.325 e. The Hall–Kier alpha value is -0.660. The van der Waals surface area contributed by atoms with E-state index in [1.165, 1.54) is 7.11 Å². The lowest BCUT2D eigenvalue weighted by atomic mass is 9.96. The summed E-state index contributed by atoms with van der Waals surface area (Å²) in [6.45, 7) is 6.44. The quantitative estimate of drug-likeness (QED) is 0.686. The molecule has 2 unspecified atom stereocenters. The minimum atomic E-state index is -2.88. The number of hydrogen-bond donors (Lipinski definition) is 1. The van der Waals surface area contributed by atoms with Crippen molar-refractivity contribution in [3.63, 3.8) is 0 Å². The van der Waals surface area contributed by atoms with Gasteiger partial charge in [-0.1, -0.05) is 0 Å². The first-order chi connectivity index (χ1) is 9.59. The molecule has 0 aliphatic carbocycles. The highest BCUT2D eigenvalue weighted by molar-refractivity contribution is 7.91. The Morgan fingerprint density at radius 1 is 1.48 bits per heavy atom. The molecule has 0 radical (unpaired) electrons. The van der Waals surface area contributed by atoms with Crippen LogP contribution >= 0.6 is 0 Å². The van der Waals surface area contributed by atoms with Gasteiger partial charge in [-0.2, -0.15) is 0 Å². The molecule has 1 N–H and O–H groups in total. The molecule has 7 heteroatoms. The molecule has 124 valence electrons. The minimum absolute atomic E-state index is 0.0518. The molecule has 0 aromatic heterocycles. The molecule has 0 spiro atoms. The molecule has 6 nitrogen and oxygen atoms in total. The van der Waals surface area contributed by atoms with E-state index in [1.807, 2.05) is 32.7 Å². The molecule has 0 aromatic rings. The van der Waals surface area contributed by atoms with Crippen LogP contribution in [-0.4, -0.2) is 69.1 Å². The Morgan fingerprint density at radius 3 is 2.52 bits per heavy atom. The average molecular weight is 320 g/mol. The zero-order chi connectivity index (χ0) is 16.3. The molecular formula is C14H28N2O4S. The van der Waals surface area contributed by atoms with Crippen molar-refractivity contribution in [1.82, 2.24) is 10.2 Å². The summed E-state index contributed by atoms with van der Waals surface area (Å²) in [5.74, 6) is 0.194. The number of rotatable bonds is 7. The first-order valence-electron chi connectivity index (χ1n) is 7.36. The van der Waals surface area contributed by atoms with Gasteiger partial charge in [-0.15, -0.1) is 0 Å². The number of methoxy groups -OCH3 is 1. The van der Waals surface area contributed by atoms with Crippen LogP contribution in [0.2, 0.25) is 0 Å². The Labute approximate surface area is 128 Å². The fourth-order valence-electron chi connectivity index (χ4n) is 2.80. The van der Waals surface area contributed by atoms with Crippen LogP contribution < -0.4 is 5.32 Å². The van der Waals surface area contributed by atoms with Gasteiger partial charge in [0.15, 0.2) is 9.84 Å². The van der Waals surface area contributed by atoms with E-state index in [4.69, 9.17) is 4.74 Å². The molecule has 0 bridgehead atoms. The number of carbonyl (C=O) groups is 1. The number of ether oxygens (including phenoxy) is 1. The van der Waals surface area contributed by atoms with Gasteiger partial charge in [-0.05, 0) is 40.7 Å². The molecule has 0 amide bonds.